The van der Waals surface area contributed by atoms with E-state index in [1.165, 1.54) is 0 Å². The third-order valence-electron chi connectivity index (χ3n) is 8.16. The summed E-state index contributed by atoms with van der Waals surface area (Å²) >= 11 is 0. The van der Waals surface area contributed by atoms with Crippen molar-refractivity contribution in [2.24, 2.45) is 0 Å². The fourth-order valence-electron chi connectivity index (χ4n) is 5.84. The Balaban J connectivity index is 1.30. The van der Waals surface area contributed by atoms with Crippen LogP contribution in [0.5, 0.6) is 0 Å². The molecule has 244 valence electrons. The van der Waals surface area contributed by atoms with E-state index in [1.807, 2.05) is 72.8 Å². The van der Waals surface area contributed by atoms with Gasteiger partial charge in [0.1, 0.15) is 11.6 Å². The first-order valence-electron chi connectivity index (χ1n) is 16.3. The average molecular weight is 641 g/mol. The molecule has 9 nitrogen and oxygen atoms in total. The zero-order valence-electron chi connectivity index (χ0n) is 27.5. The number of hydrogen-bond donors (Lipinski definition) is 2. The number of fused-ring (bicyclic) bond motifs is 2. The van der Waals surface area contributed by atoms with Gasteiger partial charge in [-0.3, -0.25) is 4.79 Å². The van der Waals surface area contributed by atoms with Gasteiger partial charge in [-0.25, -0.2) is 9.48 Å². The van der Waals surface area contributed by atoms with E-state index in [1.54, 1.807) is 25.5 Å². The molecule has 2 atom stereocenters. The number of carbonyl (C=O) groups excluding carboxylic acids is 2. The highest BCUT2D eigenvalue weighted by atomic mass is 16.6. The largest absolute Gasteiger partial charge is 0.444 e. The third kappa shape index (κ3) is 8.41. The number of tetrazole rings is 1. The summed E-state index contributed by atoms with van der Waals surface area (Å²) in [5.41, 5.74) is 2.35. The van der Waals surface area contributed by atoms with Crippen LogP contribution in [0.15, 0.2) is 115 Å². The van der Waals surface area contributed by atoms with Crippen molar-refractivity contribution in [3.05, 3.63) is 138 Å². The Bertz CT molecular complexity index is 2020. The fraction of sp³-hybridized carbons (Fsp3) is 0.256. The van der Waals surface area contributed by atoms with Gasteiger partial charge in [-0.05, 0) is 75.9 Å². The molecule has 1 heterocycles. The number of hydrogen-bond acceptors (Lipinski definition) is 6. The molecule has 9 heteroatoms. The van der Waals surface area contributed by atoms with Crippen LogP contribution < -0.4 is 10.6 Å². The van der Waals surface area contributed by atoms with Gasteiger partial charge in [0.05, 0.1) is 6.04 Å². The summed E-state index contributed by atoms with van der Waals surface area (Å²) < 4.78 is 7.32. The van der Waals surface area contributed by atoms with Crippen LogP contribution in [-0.2, 0) is 35.3 Å². The number of nitrogens with zero attached hydrogens (tertiary/aromatic N) is 4. The molecule has 0 bridgehead atoms. The van der Waals surface area contributed by atoms with Crippen LogP contribution in [0.1, 0.15) is 49.3 Å². The molecular formula is C39H40N6O3. The first kappa shape index (κ1) is 32.4. The molecule has 0 aliphatic heterocycles. The molecule has 2 unspecified atom stereocenters. The minimum absolute atomic E-state index is 0.261. The van der Waals surface area contributed by atoms with Crippen molar-refractivity contribution < 1.29 is 14.3 Å². The number of nitrogens with one attached hydrogen (secondary N) is 2. The van der Waals surface area contributed by atoms with Gasteiger partial charge in [-0.2, -0.15) is 0 Å². The van der Waals surface area contributed by atoms with Crippen LogP contribution in [0.2, 0.25) is 0 Å². The molecule has 0 spiro atoms. The van der Waals surface area contributed by atoms with Crippen LogP contribution in [0.4, 0.5) is 4.79 Å². The topological polar surface area (TPSA) is 111 Å². The van der Waals surface area contributed by atoms with Crippen LogP contribution in [-0.4, -0.2) is 43.9 Å². The molecule has 2 N–H and O–H groups in total. The molecule has 48 heavy (non-hydrogen) atoms. The van der Waals surface area contributed by atoms with Crippen LogP contribution in [0.25, 0.3) is 21.5 Å². The molecule has 0 fully saturated rings. The van der Waals surface area contributed by atoms with Gasteiger partial charge in [0.15, 0.2) is 5.82 Å². The predicted octanol–water partition coefficient (Wildman–Crippen LogP) is 6.76. The molecule has 0 aliphatic rings. The summed E-state index contributed by atoms with van der Waals surface area (Å²) in [6.07, 6.45) is 0.761. The lowest BCUT2D eigenvalue weighted by Gasteiger charge is -2.25. The Labute approximate surface area is 280 Å². The lowest BCUT2D eigenvalue weighted by molar-refractivity contribution is -0.124. The van der Waals surface area contributed by atoms with Gasteiger partial charge in [0.25, 0.3) is 0 Å². The molecule has 0 radical (unpaired) electrons. The predicted molar refractivity (Wildman–Crippen MR) is 187 cm³/mol. The molecule has 1 aromatic heterocycles. The SMILES string of the molecule is CC(C)(C)OC(=O)NC(Cc1ccc2ccccc2c1)C(=O)NC(Cc1ccc2ccccc2c1)c1nnnn1CCc1ccccc1. The lowest BCUT2D eigenvalue weighted by atomic mass is 9.99. The van der Waals surface area contributed by atoms with Crippen LogP contribution >= 0.6 is 0 Å². The molecule has 6 aromatic rings. The number of aryl methyl sites for hydroxylation is 2. The van der Waals surface area contributed by atoms with E-state index in [-0.39, 0.29) is 12.3 Å². The summed E-state index contributed by atoms with van der Waals surface area (Å²) in [5, 5.41) is 23.1. The first-order chi connectivity index (χ1) is 23.2. The Morgan fingerprint density at radius 3 is 1.92 bits per heavy atom. The zero-order valence-corrected chi connectivity index (χ0v) is 27.5. The second kappa shape index (κ2) is 14.5. The van der Waals surface area contributed by atoms with Crippen molar-refractivity contribution in [2.45, 2.75) is 64.3 Å². The highest BCUT2D eigenvalue weighted by Crippen LogP contribution is 2.23. The number of benzene rings is 5. The third-order valence-corrected chi connectivity index (χ3v) is 8.16. The molecule has 0 saturated carbocycles. The number of alkyl carbamates (subject to hydrolysis) is 1. The monoisotopic (exact) mass is 640 g/mol. The van der Waals surface area contributed by atoms with Gasteiger partial charge in [-0.15, -0.1) is 5.10 Å². The number of aromatic nitrogens is 4. The Kier molecular flexibility index (Phi) is 9.75. The van der Waals surface area contributed by atoms with Gasteiger partial charge in [-0.1, -0.05) is 115 Å². The minimum Gasteiger partial charge on any atom is -0.444 e. The number of amides is 2. The smallest absolute Gasteiger partial charge is 0.408 e. The quantitative estimate of drug-likeness (QED) is 0.162. The van der Waals surface area contributed by atoms with Gasteiger partial charge >= 0.3 is 6.09 Å². The Hall–Kier alpha value is -5.57. The standard InChI is InChI=1S/C39H40N6O3/c1-39(2,3)48-38(47)41-35(26-29-18-20-31-14-8-10-16-33(31)24-29)37(46)40-34(25-28-17-19-30-13-7-9-15-32(30)23-28)36-42-43-44-45(36)22-21-27-11-5-4-6-12-27/h4-20,23-24,34-35H,21-22,25-26H2,1-3H3,(H,40,46)(H,41,47). The molecule has 5 aromatic carbocycles. The average Bonchev–Trinajstić information content (AvgIpc) is 3.55. The number of ether oxygens (including phenoxy) is 1. The maximum absolute atomic E-state index is 14.3. The fourth-order valence-corrected chi connectivity index (χ4v) is 5.84. The maximum atomic E-state index is 14.3. The van der Waals surface area contributed by atoms with Crippen LogP contribution in [0, 0.1) is 0 Å². The van der Waals surface area contributed by atoms with E-state index < -0.39 is 23.8 Å². The number of rotatable bonds is 11. The van der Waals surface area contributed by atoms with E-state index in [0.717, 1.165) is 44.7 Å². The second-order valence-electron chi connectivity index (χ2n) is 13.0. The second-order valence-corrected chi connectivity index (χ2v) is 13.0. The summed E-state index contributed by atoms with van der Waals surface area (Å²) in [7, 11) is 0. The normalized spacial score (nSPS) is 12.8. The molecular weight excluding hydrogens is 600 g/mol. The molecule has 0 aliphatic carbocycles. The van der Waals surface area contributed by atoms with Crippen molar-refractivity contribution in [3.8, 4) is 0 Å². The van der Waals surface area contributed by atoms with Gasteiger partial charge in [0.2, 0.25) is 5.91 Å². The summed E-state index contributed by atoms with van der Waals surface area (Å²) in [4.78, 5) is 27.3. The lowest BCUT2D eigenvalue weighted by Crippen LogP contribution is -2.50. The molecule has 6 rings (SSSR count). The first-order valence-corrected chi connectivity index (χ1v) is 16.3. The Morgan fingerprint density at radius 1 is 0.708 bits per heavy atom. The van der Waals surface area contributed by atoms with E-state index in [0.29, 0.717) is 18.8 Å². The van der Waals surface area contributed by atoms with Gasteiger partial charge < -0.3 is 15.4 Å². The van der Waals surface area contributed by atoms with Crippen molar-refractivity contribution in [1.29, 1.82) is 0 Å². The van der Waals surface area contributed by atoms with E-state index >= 15 is 0 Å². The van der Waals surface area contributed by atoms with E-state index in [4.69, 9.17) is 4.74 Å². The summed E-state index contributed by atoms with van der Waals surface area (Å²) in [6, 6.07) is 37.2. The Morgan fingerprint density at radius 2 is 1.29 bits per heavy atom. The minimum atomic E-state index is -0.922. The highest BCUT2D eigenvalue weighted by molar-refractivity contribution is 5.87. The zero-order chi connectivity index (χ0) is 33.5. The van der Waals surface area contributed by atoms with Crippen LogP contribution in [0.3, 0.4) is 0 Å². The van der Waals surface area contributed by atoms with Crippen molar-refractivity contribution in [3.63, 3.8) is 0 Å². The molecule has 0 saturated heterocycles. The summed E-state index contributed by atoms with van der Waals surface area (Å²) in [5.74, 6) is 0.173. The van der Waals surface area contributed by atoms with E-state index in [9.17, 15) is 9.59 Å². The maximum Gasteiger partial charge on any atom is 0.408 e. The highest BCUT2D eigenvalue weighted by Gasteiger charge is 2.29. The summed E-state index contributed by atoms with van der Waals surface area (Å²) in [6.45, 7) is 5.91. The molecule has 2 amide bonds. The number of carbonyl (C=O) groups is 2. The van der Waals surface area contributed by atoms with Gasteiger partial charge in [0, 0.05) is 19.4 Å². The van der Waals surface area contributed by atoms with Crippen molar-refractivity contribution in [1.82, 2.24) is 30.8 Å². The van der Waals surface area contributed by atoms with E-state index in [2.05, 4.69) is 68.6 Å². The van der Waals surface area contributed by atoms with Crippen molar-refractivity contribution >= 4 is 33.5 Å². The van der Waals surface area contributed by atoms with Crippen molar-refractivity contribution in [2.75, 3.05) is 0 Å².